The van der Waals surface area contributed by atoms with E-state index in [0.717, 1.165) is 56.6 Å². The first-order chi connectivity index (χ1) is 29.3. The molecule has 6 aromatic carbocycles. The molecular weight excluding hydrogens is 948 g/mol. The molecule has 0 unspecified atom stereocenters. The molecule has 0 atom stereocenters. The van der Waals surface area contributed by atoms with Crippen molar-refractivity contribution < 1.29 is 21.1 Å². The van der Waals surface area contributed by atoms with Crippen LogP contribution in [0.3, 0.4) is 0 Å². The van der Waals surface area contributed by atoms with E-state index < -0.39 is 5.41 Å². The maximum atomic E-state index is 4.99. The Bertz CT molecular complexity index is 2800. The number of aromatic nitrogens is 2. The van der Waals surface area contributed by atoms with Gasteiger partial charge in [-0.1, -0.05) is 152 Å². The Morgan fingerprint density at radius 2 is 1.19 bits per heavy atom. The first kappa shape index (κ1) is 45.3. The third-order valence-electron chi connectivity index (χ3n) is 12.3. The monoisotopic (exact) mass is 1010 g/mol. The van der Waals surface area contributed by atoms with E-state index in [0.29, 0.717) is 12.6 Å². The molecule has 0 saturated heterocycles. The predicted octanol–water partition coefficient (Wildman–Crippen LogP) is 14.2. The zero-order valence-electron chi connectivity index (χ0n) is 38.2. The summed E-state index contributed by atoms with van der Waals surface area (Å²) in [4.78, 5) is 9.66. The van der Waals surface area contributed by atoms with E-state index in [2.05, 4.69) is 240 Å². The van der Waals surface area contributed by atoms with Gasteiger partial charge in [0.25, 0.3) is 0 Å². The summed E-state index contributed by atoms with van der Waals surface area (Å²) in [7, 11) is 0. The number of anilines is 2. The second-order valence-corrected chi connectivity index (χ2v) is 19.2. The summed E-state index contributed by atoms with van der Waals surface area (Å²) in [5.41, 5.74) is 12.0. The zero-order valence-corrected chi connectivity index (χ0v) is 40.5. The van der Waals surface area contributed by atoms with Gasteiger partial charge in [-0.25, -0.2) is 4.98 Å². The number of nitrogens with zero attached hydrogens (tertiary/aromatic N) is 4. The molecule has 4 nitrogen and oxygen atoms in total. The van der Waals surface area contributed by atoms with Crippen LogP contribution >= 0.6 is 0 Å². The minimum absolute atomic E-state index is 0. The Labute approximate surface area is 390 Å². The second-order valence-electron chi connectivity index (χ2n) is 19.2. The maximum Gasteiger partial charge on any atom is 0.135 e. The fourth-order valence-electron chi connectivity index (χ4n) is 9.07. The van der Waals surface area contributed by atoms with Crippen LogP contribution < -0.4 is 9.80 Å². The van der Waals surface area contributed by atoms with Crippen LogP contribution in [0.15, 0.2) is 164 Å². The summed E-state index contributed by atoms with van der Waals surface area (Å²) >= 11 is 0. The van der Waals surface area contributed by atoms with Gasteiger partial charge < -0.3 is 21.8 Å². The fraction of sp³-hybridized carbons (Fsp3) is 0.241. The average molecular weight is 1010 g/mol. The van der Waals surface area contributed by atoms with Crippen LogP contribution in [-0.2, 0) is 43.7 Å². The van der Waals surface area contributed by atoms with Crippen molar-refractivity contribution >= 4 is 33.2 Å². The van der Waals surface area contributed by atoms with Gasteiger partial charge in [-0.3, -0.25) is 0 Å². The summed E-state index contributed by atoms with van der Waals surface area (Å²) in [6.45, 7) is 19.0. The minimum Gasteiger partial charge on any atom is -0.358 e. The van der Waals surface area contributed by atoms with E-state index in [4.69, 9.17) is 4.98 Å². The van der Waals surface area contributed by atoms with Crippen molar-refractivity contribution in [3.05, 3.63) is 223 Å². The number of benzene rings is 6. The van der Waals surface area contributed by atoms with Gasteiger partial charge in [-0.15, -0.1) is 22.6 Å². The van der Waals surface area contributed by atoms with E-state index in [1.54, 1.807) is 0 Å². The summed E-state index contributed by atoms with van der Waals surface area (Å²) < 4.78 is 2.31. The van der Waals surface area contributed by atoms with Crippen molar-refractivity contribution in [1.82, 2.24) is 9.55 Å². The van der Waals surface area contributed by atoms with Crippen molar-refractivity contribution in [1.29, 1.82) is 0 Å². The van der Waals surface area contributed by atoms with Gasteiger partial charge in [0.1, 0.15) is 5.82 Å². The third-order valence-corrected chi connectivity index (χ3v) is 12.3. The fourth-order valence-corrected chi connectivity index (χ4v) is 9.07. The number of rotatable bonds is 9. The smallest absolute Gasteiger partial charge is 0.135 e. The van der Waals surface area contributed by atoms with Gasteiger partial charge >= 0.3 is 0 Å². The zero-order chi connectivity index (χ0) is 42.5. The molecule has 0 fully saturated rings. The molecule has 0 amide bonds. The molecule has 0 bridgehead atoms. The summed E-state index contributed by atoms with van der Waals surface area (Å²) in [6.07, 6.45) is 7.35. The predicted molar refractivity (Wildman–Crippen MR) is 262 cm³/mol. The van der Waals surface area contributed by atoms with Crippen LogP contribution in [0.5, 0.6) is 0 Å². The van der Waals surface area contributed by atoms with Crippen LogP contribution in [0.25, 0.3) is 27.6 Å². The van der Waals surface area contributed by atoms with Gasteiger partial charge in [0.05, 0.1) is 6.67 Å². The van der Waals surface area contributed by atoms with Crippen LogP contribution in [-0.4, -0.2) is 16.2 Å². The first-order valence-corrected chi connectivity index (χ1v) is 21.7. The number of pyridine rings is 1. The van der Waals surface area contributed by atoms with Crippen molar-refractivity contribution in [3.8, 4) is 5.82 Å². The molecule has 3 heterocycles. The van der Waals surface area contributed by atoms with Gasteiger partial charge in [-0.05, 0) is 86.7 Å². The Morgan fingerprint density at radius 1 is 0.587 bits per heavy atom. The van der Waals surface area contributed by atoms with E-state index >= 15 is 0 Å². The Morgan fingerprint density at radius 3 is 1.83 bits per heavy atom. The number of para-hydroxylation sites is 1. The third kappa shape index (κ3) is 8.55. The second kappa shape index (κ2) is 17.8. The van der Waals surface area contributed by atoms with Crippen LogP contribution in [0, 0.1) is 25.5 Å². The standard InChI is InChI=1S/C57H56N4.CH3.Pt/c1-40(2)32-41-28-29-58-54(33-41)61-52-25-16-15-24-50(52)51-27-26-45(38-53(51)61)57(42-18-11-9-12-19-42,43-20-13-10-14-21-43)44-22-17-23-48(35-44)59-30-31-60(39-59)49-36-46(55(3,4)5)34-47(37-49)56(6,7)8;;/h9-31,33-34,36-37,40H,32,39H2,1-8H3;1H3;/q-2;-1;. The van der Waals surface area contributed by atoms with E-state index in [-0.39, 0.29) is 39.3 Å². The van der Waals surface area contributed by atoms with Crippen LogP contribution in [0.4, 0.5) is 11.4 Å². The summed E-state index contributed by atoms with van der Waals surface area (Å²) in [5.74, 6) is 1.44. The quantitative estimate of drug-likeness (QED) is 0.106. The SMILES string of the molecule is CC(C)Cc1ccnc(-n2c3[c-]c(C(c4[c-]c(N5C=CN(c6cc(C(C)(C)C)cc(C(C)(C)C)c6)C5)ccc4)(c4ccccc4)c4ccccc4)ccc3c3ccccc32)c1.[CH3-].[Pt]. The molecular formula is C58H59N4Pt-3. The first-order valence-electron chi connectivity index (χ1n) is 21.7. The molecule has 0 aliphatic carbocycles. The molecule has 324 valence electrons. The van der Waals surface area contributed by atoms with Crippen molar-refractivity contribution in [2.24, 2.45) is 5.92 Å². The van der Waals surface area contributed by atoms with Crippen molar-refractivity contribution in [2.45, 2.75) is 78.1 Å². The largest absolute Gasteiger partial charge is 0.358 e. The minimum atomic E-state index is -0.757. The molecule has 0 N–H and O–H groups in total. The number of fused-ring (bicyclic) bond motifs is 3. The Balaban J connectivity index is 0.00000298. The molecule has 2 aromatic heterocycles. The molecule has 0 saturated carbocycles. The van der Waals surface area contributed by atoms with Crippen molar-refractivity contribution in [2.75, 3.05) is 16.5 Å². The Hall–Kier alpha value is -5.70. The Kier molecular flexibility index (Phi) is 12.8. The summed E-state index contributed by atoms with van der Waals surface area (Å²) in [5, 5.41) is 2.33. The van der Waals surface area contributed by atoms with E-state index in [1.807, 2.05) is 6.20 Å². The molecule has 0 radical (unpaired) electrons. The van der Waals surface area contributed by atoms with Gasteiger partial charge in [-0.2, -0.15) is 36.4 Å². The molecule has 8 aromatic rings. The number of hydrogen-bond donors (Lipinski definition) is 0. The normalized spacial score (nSPS) is 13.2. The van der Waals surface area contributed by atoms with Crippen LogP contribution in [0.2, 0.25) is 0 Å². The van der Waals surface area contributed by atoms with E-state index in [9.17, 15) is 0 Å². The van der Waals surface area contributed by atoms with Gasteiger partial charge in [0.2, 0.25) is 0 Å². The number of hydrogen-bond acceptors (Lipinski definition) is 3. The molecule has 5 heteroatoms. The van der Waals surface area contributed by atoms with Crippen LogP contribution in [0.1, 0.15) is 94.3 Å². The van der Waals surface area contributed by atoms with Gasteiger partial charge in [0.15, 0.2) is 0 Å². The molecule has 0 spiro atoms. The molecule has 1 aliphatic rings. The average Bonchev–Trinajstić information content (AvgIpc) is 3.88. The molecule has 63 heavy (non-hydrogen) atoms. The van der Waals surface area contributed by atoms with Crippen molar-refractivity contribution in [3.63, 3.8) is 0 Å². The van der Waals surface area contributed by atoms with E-state index in [1.165, 1.54) is 27.8 Å². The molecule has 9 rings (SSSR count). The topological polar surface area (TPSA) is 24.3 Å². The molecule has 1 aliphatic heterocycles. The van der Waals surface area contributed by atoms with Gasteiger partial charge in [0, 0.05) is 56.3 Å². The maximum absolute atomic E-state index is 4.99. The summed E-state index contributed by atoms with van der Waals surface area (Å²) in [6, 6.07) is 61.3.